The van der Waals surface area contributed by atoms with Crippen molar-refractivity contribution >= 4 is 11.5 Å². The minimum Gasteiger partial charge on any atom is -0.409 e. The van der Waals surface area contributed by atoms with Crippen molar-refractivity contribution in [3.8, 4) is 0 Å². The average Bonchev–Trinajstić information content (AvgIpc) is 2.45. The van der Waals surface area contributed by atoms with Crippen LogP contribution in [0.25, 0.3) is 0 Å². The molecule has 0 amide bonds. The minimum absolute atomic E-state index is 0.0533. The summed E-state index contributed by atoms with van der Waals surface area (Å²) in [7, 11) is 0. The van der Waals surface area contributed by atoms with Crippen LogP contribution in [0.15, 0.2) is 23.4 Å². The molecular formula is C16H24FN3O. The van der Waals surface area contributed by atoms with Gasteiger partial charge in [-0.1, -0.05) is 25.9 Å². The van der Waals surface area contributed by atoms with Crippen molar-refractivity contribution in [2.75, 3.05) is 18.0 Å². The fourth-order valence-corrected chi connectivity index (χ4v) is 3.03. The van der Waals surface area contributed by atoms with Gasteiger partial charge in [-0.15, -0.1) is 0 Å². The zero-order valence-corrected chi connectivity index (χ0v) is 12.9. The molecule has 116 valence electrons. The van der Waals surface area contributed by atoms with Crippen LogP contribution in [-0.2, 0) is 0 Å². The number of oxime groups is 1. The van der Waals surface area contributed by atoms with E-state index in [1.165, 1.54) is 12.1 Å². The molecule has 4 nitrogen and oxygen atoms in total. The van der Waals surface area contributed by atoms with Gasteiger partial charge in [-0.2, -0.15) is 0 Å². The SMILES string of the molecule is CC(C)(C)C1CCN(c2ccc(F)cc2C(N)=NO)CC1. The van der Waals surface area contributed by atoms with Crippen molar-refractivity contribution in [2.45, 2.75) is 33.6 Å². The van der Waals surface area contributed by atoms with Gasteiger partial charge in [0.1, 0.15) is 5.82 Å². The molecule has 5 heteroatoms. The van der Waals surface area contributed by atoms with Gasteiger partial charge in [0.05, 0.1) is 0 Å². The molecule has 2 rings (SSSR count). The van der Waals surface area contributed by atoms with Gasteiger partial charge in [0.2, 0.25) is 0 Å². The second kappa shape index (κ2) is 5.92. The summed E-state index contributed by atoms with van der Waals surface area (Å²) in [6.07, 6.45) is 2.19. The van der Waals surface area contributed by atoms with E-state index in [1.54, 1.807) is 6.07 Å². The van der Waals surface area contributed by atoms with Gasteiger partial charge in [0.25, 0.3) is 0 Å². The van der Waals surface area contributed by atoms with E-state index in [-0.39, 0.29) is 11.7 Å². The van der Waals surface area contributed by atoms with Crippen molar-refractivity contribution < 1.29 is 9.60 Å². The number of halogens is 1. The number of hydrogen-bond acceptors (Lipinski definition) is 3. The normalized spacial score (nSPS) is 18.1. The first-order valence-electron chi connectivity index (χ1n) is 7.35. The average molecular weight is 293 g/mol. The standard InChI is InChI=1S/C16H24FN3O/c1-16(2,3)11-6-8-20(9-7-11)14-5-4-12(17)10-13(14)15(18)19-21/h4-5,10-11,21H,6-9H2,1-3H3,(H2,18,19). The highest BCUT2D eigenvalue weighted by atomic mass is 19.1. The first-order valence-corrected chi connectivity index (χ1v) is 7.35. The molecule has 0 atom stereocenters. The van der Waals surface area contributed by atoms with Crippen molar-refractivity contribution in [2.24, 2.45) is 22.2 Å². The van der Waals surface area contributed by atoms with Crippen molar-refractivity contribution in [3.05, 3.63) is 29.6 Å². The molecule has 1 aliphatic rings. The number of anilines is 1. The van der Waals surface area contributed by atoms with E-state index in [9.17, 15) is 4.39 Å². The van der Waals surface area contributed by atoms with Gasteiger partial charge in [0.15, 0.2) is 5.84 Å². The Labute approximate surface area is 125 Å². The Morgan fingerprint density at radius 2 is 1.95 bits per heavy atom. The van der Waals surface area contributed by atoms with Crippen LogP contribution in [0.4, 0.5) is 10.1 Å². The summed E-state index contributed by atoms with van der Waals surface area (Å²) in [4.78, 5) is 2.19. The molecule has 0 unspecified atom stereocenters. The third-order valence-electron chi connectivity index (χ3n) is 4.40. The van der Waals surface area contributed by atoms with E-state index in [4.69, 9.17) is 10.9 Å². The Balaban J connectivity index is 2.21. The molecule has 1 fully saturated rings. The largest absolute Gasteiger partial charge is 0.409 e. The van der Waals surface area contributed by atoms with Crippen LogP contribution in [0, 0.1) is 17.2 Å². The van der Waals surface area contributed by atoms with Crippen molar-refractivity contribution in [1.29, 1.82) is 0 Å². The lowest BCUT2D eigenvalue weighted by Crippen LogP contribution is -2.39. The summed E-state index contributed by atoms with van der Waals surface area (Å²) < 4.78 is 13.4. The van der Waals surface area contributed by atoms with Crippen LogP contribution in [-0.4, -0.2) is 24.1 Å². The van der Waals surface area contributed by atoms with E-state index in [0.29, 0.717) is 16.9 Å². The minimum atomic E-state index is -0.384. The summed E-state index contributed by atoms with van der Waals surface area (Å²) in [5, 5.41) is 11.9. The molecular weight excluding hydrogens is 269 g/mol. The Morgan fingerprint density at radius 3 is 2.48 bits per heavy atom. The van der Waals surface area contributed by atoms with Gasteiger partial charge >= 0.3 is 0 Å². The van der Waals surface area contributed by atoms with Gasteiger partial charge in [-0.25, -0.2) is 4.39 Å². The molecule has 0 spiro atoms. The molecule has 3 N–H and O–H groups in total. The summed E-state index contributed by atoms with van der Waals surface area (Å²) in [5.41, 5.74) is 7.27. The van der Waals surface area contributed by atoms with E-state index < -0.39 is 0 Å². The van der Waals surface area contributed by atoms with E-state index in [2.05, 4.69) is 30.8 Å². The summed E-state index contributed by atoms with van der Waals surface area (Å²) >= 11 is 0. The predicted octanol–water partition coefficient (Wildman–Crippen LogP) is 3.18. The monoisotopic (exact) mass is 293 g/mol. The maximum Gasteiger partial charge on any atom is 0.172 e. The van der Waals surface area contributed by atoms with E-state index >= 15 is 0 Å². The first kappa shape index (κ1) is 15.6. The van der Waals surface area contributed by atoms with Crippen LogP contribution in [0.1, 0.15) is 39.2 Å². The lowest BCUT2D eigenvalue weighted by Gasteiger charge is -2.40. The molecule has 1 heterocycles. The van der Waals surface area contributed by atoms with Crippen LogP contribution >= 0.6 is 0 Å². The van der Waals surface area contributed by atoms with Gasteiger partial charge < -0.3 is 15.8 Å². The Bertz CT molecular complexity index is 529. The molecule has 1 aliphatic heterocycles. The third-order valence-corrected chi connectivity index (χ3v) is 4.40. The molecule has 0 saturated carbocycles. The zero-order chi connectivity index (χ0) is 15.6. The van der Waals surface area contributed by atoms with Gasteiger partial charge in [0, 0.05) is 24.3 Å². The fraction of sp³-hybridized carbons (Fsp3) is 0.562. The lowest BCUT2D eigenvalue weighted by molar-refractivity contribution is 0.199. The summed E-state index contributed by atoms with van der Waals surface area (Å²) in [5.74, 6) is 0.244. The Kier molecular flexibility index (Phi) is 4.40. The smallest absolute Gasteiger partial charge is 0.172 e. The number of amidine groups is 1. The predicted molar refractivity (Wildman–Crippen MR) is 83.3 cm³/mol. The van der Waals surface area contributed by atoms with Crippen LogP contribution in [0.2, 0.25) is 0 Å². The van der Waals surface area contributed by atoms with Crippen LogP contribution in [0.5, 0.6) is 0 Å². The molecule has 0 bridgehead atoms. The topological polar surface area (TPSA) is 61.8 Å². The number of nitrogens with two attached hydrogens (primary N) is 1. The summed E-state index contributed by atoms with van der Waals surface area (Å²) in [6, 6.07) is 4.44. The molecule has 1 saturated heterocycles. The van der Waals surface area contributed by atoms with E-state index in [1.807, 2.05) is 0 Å². The highest BCUT2D eigenvalue weighted by Gasteiger charge is 2.29. The number of nitrogens with zero attached hydrogens (tertiary/aromatic N) is 2. The molecule has 0 aromatic heterocycles. The maximum absolute atomic E-state index is 13.4. The second-order valence-electron chi connectivity index (χ2n) is 6.77. The first-order chi connectivity index (χ1) is 9.82. The van der Waals surface area contributed by atoms with Crippen LogP contribution < -0.4 is 10.6 Å². The molecule has 0 aliphatic carbocycles. The fourth-order valence-electron chi connectivity index (χ4n) is 3.03. The zero-order valence-electron chi connectivity index (χ0n) is 12.9. The van der Waals surface area contributed by atoms with Gasteiger partial charge in [-0.05, 0) is 42.4 Å². The number of hydrogen-bond donors (Lipinski definition) is 2. The highest BCUT2D eigenvalue weighted by Crippen LogP contribution is 2.36. The van der Waals surface area contributed by atoms with Crippen molar-refractivity contribution in [1.82, 2.24) is 0 Å². The number of benzene rings is 1. The summed E-state index contributed by atoms with van der Waals surface area (Å²) in [6.45, 7) is 8.62. The van der Waals surface area contributed by atoms with E-state index in [0.717, 1.165) is 31.6 Å². The van der Waals surface area contributed by atoms with Crippen LogP contribution in [0.3, 0.4) is 0 Å². The second-order valence-corrected chi connectivity index (χ2v) is 6.77. The van der Waals surface area contributed by atoms with Crippen molar-refractivity contribution in [3.63, 3.8) is 0 Å². The number of piperidine rings is 1. The quantitative estimate of drug-likeness (QED) is 0.381. The lowest BCUT2D eigenvalue weighted by atomic mass is 9.75. The maximum atomic E-state index is 13.4. The highest BCUT2D eigenvalue weighted by molar-refractivity contribution is 6.02. The molecule has 21 heavy (non-hydrogen) atoms. The molecule has 1 aromatic rings. The molecule has 1 aromatic carbocycles. The Morgan fingerprint density at radius 1 is 1.33 bits per heavy atom. The van der Waals surface area contributed by atoms with Gasteiger partial charge in [-0.3, -0.25) is 0 Å². The molecule has 0 radical (unpaired) electrons. The third kappa shape index (κ3) is 3.46. The number of rotatable bonds is 2. The Hall–Kier alpha value is -1.78.